The summed E-state index contributed by atoms with van der Waals surface area (Å²) in [6, 6.07) is 1.18. The van der Waals surface area contributed by atoms with E-state index in [9.17, 15) is 9.59 Å². The molecule has 17 heavy (non-hydrogen) atoms. The number of carbonyl (C=O) groups is 2. The van der Waals surface area contributed by atoms with E-state index in [2.05, 4.69) is 10.5 Å². The number of hydrogen-bond acceptors (Lipinski definition) is 5. The van der Waals surface area contributed by atoms with Gasteiger partial charge in [0.25, 0.3) is 5.91 Å². The third-order valence-corrected chi connectivity index (χ3v) is 2.64. The van der Waals surface area contributed by atoms with Crippen LogP contribution in [0.15, 0.2) is 10.6 Å². The molecular weight excluding hydrogens is 222 g/mol. The van der Waals surface area contributed by atoms with Crippen molar-refractivity contribution in [3.8, 4) is 0 Å². The zero-order valence-corrected chi connectivity index (χ0v) is 9.90. The first kappa shape index (κ1) is 11.6. The summed E-state index contributed by atoms with van der Waals surface area (Å²) in [6.07, 6.45) is 0.956. The number of nitrogens with one attached hydrogen (secondary N) is 1. The van der Waals surface area contributed by atoms with Crippen LogP contribution in [0, 0.1) is 6.92 Å². The Bertz CT molecular complexity index is 441. The molecule has 1 N–H and O–H groups in total. The SMILES string of the molecule is CCCN1C(=O)CC(Nc2cc(C)on2)C1=O. The molecule has 2 amide bonds. The molecule has 1 aromatic heterocycles. The quantitative estimate of drug-likeness (QED) is 0.788. The van der Waals surface area contributed by atoms with Crippen LogP contribution in [0.1, 0.15) is 25.5 Å². The molecule has 1 aromatic rings. The van der Waals surface area contributed by atoms with Gasteiger partial charge in [-0.1, -0.05) is 12.1 Å². The summed E-state index contributed by atoms with van der Waals surface area (Å²) < 4.78 is 4.89. The first-order valence-electron chi connectivity index (χ1n) is 5.66. The number of anilines is 1. The van der Waals surface area contributed by atoms with Crippen molar-refractivity contribution in [3.05, 3.63) is 11.8 Å². The Labute approximate surface area is 98.9 Å². The van der Waals surface area contributed by atoms with Gasteiger partial charge in [0.2, 0.25) is 5.91 Å². The molecule has 0 aromatic carbocycles. The fourth-order valence-corrected chi connectivity index (χ4v) is 1.87. The monoisotopic (exact) mass is 237 g/mol. The van der Waals surface area contributed by atoms with E-state index in [1.54, 1.807) is 13.0 Å². The van der Waals surface area contributed by atoms with E-state index in [0.717, 1.165) is 6.42 Å². The van der Waals surface area contributed by atoms with Crippen LogP contribution in [0.2, 0.25) is 0 Å². The maximum Gasteiger partial charge on any atom is 0.252 e. The lowest BCUT2D eigenvalue weighted by Crippen LogP contribution is -2.35. The van der Waals surface area contributed by atoms with E-state index in [4.69, 9.17) is 4.52 Å². The topological polar surface area (TPSA) is 75.4 Å². The van der Waals surface area contributed by atoms with Gasteiger partial charge >= 0.3 is 0 Å². The third-order valence-electron chi connectivity index (χ3n) is 2.64. The van der Waals surface area contributed by atoms with Crippen molar-refractivity contribution in [3.63, 3.8) is 0 Å². The molecule has 0 radical (unpaired) electrons. The molecule has 6 heteroatoms. The summed E-state index contributed by atoms with van der Waals surface area (Å²) in [5.74, 6) is 0.841. The number of imide groups is 1. The van der Waals surface area contributed by atoms with Crippen molar-refractivity contribution < 1.29 is 14.1 Å². The molecule has 1 fully saturated rings. The van der Waals surface area contributed by atoms with Crippen molar-refractivity contribution in [2.24, 2.45) is 0 Å². The predicted molar refractivity (Wildman–Crippen MR) is 60.3 cm³/mol. The molecule has 2 rings (SSSR count). The highest BCUT2D eigenvalue weighted by Gasteiger charge is 2.38. The van der Waals surface area contributed by atoms with Crippen molar-refractivity contribution in [2.45, 2.75) is 32.7 Å². The largest absolute Gasteiger partial charge is 0.360 e. The Morgan fingerprint density at radius 3 is 2.94 bits per heavy atom. The highest BCUT2D eigenvalue weighted by atomic mass is 16.5. The number of rotatable bonds is 4. The lowest BCUT2D eigenvalue weighted by molar-refractivity contribution is -0.138. The van der Waals surface area contributed by atoms with E-state index < -0.39 is 6.04 Å². The van der Waals surface area contributed by atoms with Gasteiger partial charge in [-0.15, -0.1) is 0 Å². The summed E-state index contributed by atoms with van der Waals surface area (Å²) in [6.45, 7) is 4.18. The van der Waals surface area contributed by atoms with Gasteiger partial charge in [0.1, 0.15) is 11.8 Å². The number of aromatic nitrogens is 1. The van der Waals surface area contributed by atoms with Gasteiger partial charge in [0.15, 0.2) is 5.82 Å². The minimum Gasteiger partial charge on any atom is -0.360 e. The first-order chi connectivity index (χ1) is 8.11. The Morgan fingerprint density at radius 1 is 1.59 bits per heavy atom. The molecule has 1 aliphatic heterocycles. The van der Waals surface area contributed by atoms with E-state index >= 15 is 0 Å². The van der Waals surface area contributed by atoms with E-state index in [1.165, 1.54) is 4.90 Å². The van der Waals surface area contributed by atoms with Gasteiger partial charge < -0.3 is 9.84 Å². The molecule has 1 unspecified atom stereocenters. The predicted octanol–water partition coefficient (Wildman–Crippen LogP) is 0.932. The van der Waals surface area contributed by atoms with Crippen LogP contribution in [-0.2, 0) is 9.59 Å². The van der Waals surface area contributed by atoms with Gasteiger partial charge in [-0.25, -0.2) is 0 Å². The lowest BCUT2D eigenvalue weighted by atomic mass is 10.2. The van der Waals surface area contributed by atoms with Crippen LogP contribution in [0.3, 0.4) is 0 Å². The van der Waals surface area contributed by atoms with Crippen molar-refractivity contribution in [1.82, 2.24) is 10.1 Å². The number of likely N-dealkylation sites (tertiary alicyclic amines) is 1. The van der Waals surface area contributed by atoms with Gasteiger partial charge in [-0.3, -0.25) is 14.5 Å². The highest BCUT2D eigenvalue weighted by Crippen LogP contribution is 2.18. The second-order valence-electron chi connectivity index (χ2n) is 4.11. The summed E-state index contributed by atoms with van der Waals surface area (Å²) in [5, 5.41) is 6.65. The highest BCUT2D eigenvalue weighted by molar-refractivity contribution is 6.06. The fourth-order valence-electron chi connectivity index (χ4n) is 1.87. The van der Waals surface area contributed by atoms with Crippen molar-refractivity contribution >= 4 is 17.6 Å². The minimum absolute atomic E-state index is 0.130. The number of nitrogens with zero attached hydrogens (tertiary/aromatic N) is 2. The molecule has 0 bridgehead atoms. The average Bonchev–Trinajstić information content (AvgIpc) is 2.79. The smallest absolute Gasteiger partial charge is 0.252 e. The Morgan fingerprint density at radius 2 is 2.35 bits per heavy atom. The Hall–Kier alpha value is -1.85. The van der Waals surface area contributed by atoms with Crippen LogP contribution in [0.25, 0.3) is 0 Å². The lowest BCUT2D eigenvalue weighted by Gasteiger charge is -2.13. The van der Waals surface area contributed by atoms with Crippen LogP contribution in [0.4, 0.5) is 5.82 Å². The minimum atomic E-state index is -0.515. The zero-order valence-electron chi connectivity index (χ0n) is 9.90. The van der Waals surface area contributed by atoms with Gasteiger partial charge in [-0.2, -0.15) is 0 Å². The van der Waals surface area contributed by atoms with Gasteiger partial charge in [0.05, 0.1) is 6.42 Å². The van der Waals surface area contributed by atoms with Gasteiger partial charge in [0, 0.05) is 12.6 Å². The molecule has 0 aliphatic carbocycles. The van der Waals surface area contributed by atoms with Crippen LogP contribution >= 0.6 is 0 Å². The molecule has 1 saturated heterocycles. The second kappa shape index (κ2) is 4.57. The number of hydrogen-bond donors (Lipinski definition) is 1. The standard InChI is InChI=1S/C11H15N3O3/c1-3-4-14-10(15)6-8(11(14)16)12-9-5-7(2)17-13-9/h5,8H,3-4,6H2,1-2H3,(H,12,13). The zero-order chi connectivity index (χ0) is 12.4. The number of aryl methyl sites for hydroxylation is 1. The maximum atomic E-state index is 11.9. The Kier molecular flexibility index (Phi) is 3.12. The molecule has 2 heterocycles. The molecule has 1 atom stereocenters. The van der Waals surface area contributed by atoms with E-state index in [0.29, 0.717) is 18.1 Å². The van der Waals surface area contributed by atoms with Crippen LogP contribution in [-0.4, -0.2) is 34.5 Å². The summed E-state index contributed by atoms with van der Waals surface area (Å²) in [5.41, 5.74) is 0. The van der Waals surface area contributed by atoms with E-state index in [-0.39, 0.29) is 18.2 Å². The normalized spacial score (nSPS) is 20.1. The number of carbonyl (C=O) groups excluding carboxylic acids is 2. The Balaban J connectivity index is 2.04. The third kappa shape index (κ3) is 2.30. The average molecular weight is 237 g/mol. The van der Waals surface area contributed by atoms with Crippen molar-refractivity contribution in [1.29, 1.82) is 0 Å². The van der Waals surface area contributed by atoms with E-state index in [1.807, 2.05) is 6.92 Å². The summed E-state index contributed by atoms with van der Waals surface area (Å²) in [7, 11) is 0. The summed E-state index contributed by atoms with van der Waals surface area (Å²) >= 11 is 0. The molecule has 1 aliphatic rings. The molecule has 0 saturated carbocycles. The van der Waals surface area contributed by atoms with Crippen LogP contribution in [0.5, 0.6) is 0 Å². The maximum absolute atomic E-state index is 11.9. The molecule has 6 nitrogen and oxygen atoms in total. The van der Waals surface area contributed by atoms with Gasteiger partial charge in [-0.05, 0) is 13.3 Å². The molecule has 0 spiro atoms. The summed E-state index contributed by atoms with van der Waals surface area (Å²) in [4.78, 5) is 24.8. The first-order valence-corrected chi connectivity index (χ1v) is 5.66. The fraction of sp³-hybridized carbons (Fsp3) is 0.545. The number of amides is 2. The molecule has 92 valence electrons. The van der Waals surface area contributed by atoms with Crippen molar-refractivity contribution in [2.75, 3.05) is 11.9 Å². The second-order valence-corrected chi connectivity index (χ2v) is 4.11. The van der Waals surface area contributed by atoms with Crippen LogP contribution < -0.4 is 5.32 Å². The molecular formula is C11H15N3O3.